The van der Waals surface area contributed by atoms with Gasteiger partial charge in [-0.15, -0.1) is 5.10 Å². The van der Waals surface area contributed by atoms with Crippen LogP contribution in [0, 0.1) is 0 Å². The largest absolute Gasteiger partial charge is 0.454 e. The van der Waals surface area contributed by atoms with Gasteiger partial charge in [0.15, 0.2) is 23.7 Å². The molecule has 0 aliphatic carbocycles. The molecule has 1 aliphatic rings. The Labute approximate surface area is 183 Å². The van der Waals surface area contributed by atoms with E-state index in [2.05, 4.69) is 15.1 Å². The Morgan fingerprint density at radius 1 is 1.25 bits per heavy atom. The third kappa shape index (κ3) is 3.32. The molecule has 0 radical (unpaired) electrons. The number of hydrogen-bond donors (Lipinski definition) is 0. The lowest BCUT2D eigenvalue weighted by molar-refractivity contribution is -0.137. The summed E-state index contributed by atoms with van der Waals surface area (Å²) < 4.78 is 49.2. The summed E-state index contributed by atoms with van der Waals surface area (Å²) in [4.78, 5) is 21.7. The highest BCUT2D eigenvalue weighted by Gasteiger charge is 2.31. The first-order valence-corrected chi connectivity index (χ1v) is 10.2. The summed E-state index contributed by atoms with van der Waals surface area (Å²) in [7, 11) is 0. The number of benzene rings is 1. The second kappa shape index (κ2) is 7.37. The van der Waals surface area contributed by atoms with E-state index in [0.29, 0.717) is 29.9 Å². The van der Waals surface area contributed by atoms with E-state index in [4.69, 9.17) is 16.3 Å². The van der Waals surface area contributed by atoms with Crippen LogP contribution in [0.5, 0.6) is 5.88 Å². The molecule has 0 amide bonds. The van der Waals surface area contributed by atoms with Gasteiger partial charge in [0.05, 0.1) is 17.7 Å². The van der Waals surface area contributed by atoms with Crippen LogP contribution in [0.25, 0.3) is 22.6 Å². The van der Waals surface area contributed by atoms with Crippen molar-refractivity contribution in [3.05, 3.63) is 57.2 Å². The van der Waals surface area contributed by atoms with Crippen LogP contribution in [0.4, 0.5) is 13.2 Å². The van der Waals surface area contributed by atoms with E-state index < -0.39 is 11.7 Å². The Morgan fingerprint density at radius 3 is 2.81 bits per heavy atom. The molecular formula is C20H16ClF3N6O2. The second-order valence-corrected chi connectivity index (χ2v) is 7.73. The predicted octanol–water partition coefficient (Wildman–Crippen LogP) is 3.94. The molecule has 0 saturated heterocycles. The summed E-state index contributed by atoms with van der Waals surface area (Å²) in [6, 6.07) is 5.05. The highest BCUT2D eigenvalue weighted by atomic mass is 35.5. The smallest absolute Gasteiger partial charge is 0.416 e. The van der Waals surface area contributed by atoms with Gasteiger partial charge in [-0.3, -0.25) is 18.6 Å². The molecule has 3 aromatic heterocycles. The van der Waals surface area contributed by atoms with Crippen LogP contribution in [0.2, 0.25) is 5.28 Å². The number of fused-ring (bicyclic) bond motifs is 5. The number of alkyl halides is 3. The second-order valence-electron chi connectivity index (χ2n) is 7.39. The monoisotopic (exact) mass is 464 g/mol. The van der Waals surface area contributed by atoms with E-state index in [-0.39, 0.29) is 41.2 Å². The van der Waals surface area contributed by atoms with Crippen LogP contribution in [0.1, 0.15) is 24.5 Å². The van der Waals surface area contributed by atoms with Gasteiger partial charge in [0.2, 0.25) is 11.2 Å². The molecule has 0 bridgehead atoms. The highest BCUT2D eigenvalue weighted by molar-refractivity contribution is 6.28. The molecule has 0 spiro atoms. The van der Waals surface area contributed by atoms with Crippen LogP contribution in [0.3, 0.4) is 0 Å². The molecule has 0 unspecified atom stereocenters. The van der Waals surface area contributed by atoms with Crippen molar-refractivity contribution in [2.45, 2.75) is 39.3 Å². The van der Waals surface area contributed by atoms with Crippen molar-refractivity contribution in [1.29, 1.82) is 0 Å². The maximum Gasteiger partial charge on any atom is 0.416 e. The fourth-order valence-corrected chi connectivity index (χ4v) is 3.98. The first-order valence-electron chi connectivity index (χ1n) is 9.79. The van der Waals surface area contributed by atoms with Crippen LogP contribution in [0.15, 0.2) is 35.3 Å². The third-order valence-electron chi connectivity index (χ3n) is 5.16. The molecule has 32 heavy (non-hydrogen) atoms. The lowest BCUT2D eigenvalue weighted by Crippen LogP contribution is -2.25. The van der Waals surface area contributed by atoms with E-state index in [1.165, 1.54) is 15.3 Å². The SMILES string of the molecule is CCCn1c(Cl)nc2nc3n(c2c1=O)COc1nn(Cc2cccc(C(F)(F)F)c2)cc1-3. The van der Waals surface area contributed by atoms with Gasteiger partial charge in [-0.2, -0.15) is 18.2 Å². The summed E-state index contributed by atoms with van der Waals surface area (Å²) in [5, 5.41) is 4.38. The Bertz CT molecular complexity index is 1410. The molecule has 0 saturated carbocycles. The Balaban J connectivity index is 1.55. The van der Waals surface area contributed by atoms with E-state index in [9.17, 15) is 18.0 Å². The van der Waals surface area contributed by atoms with Gasteiger partial charge in [-0.1, -0.05) is 19.1 Å². The van der Waals surface area contributed by atoms with Crippen LogP contribution < -0.4 is 10.3 Å². The molecule has 0 atom stereocenters. The van der Waals surface area contributed by atoms with Crippen LogP contribution in [-0.2, 0) is 26.0 Å². The van der Waals surface area contributed by atoms with E-state index in [1.54, 1.807) is 16.8 Å². The Morgan fingerprint density at radius 2 is 2.06 bits per heavy atom. The minimum atomic E-state index is -4.42. The van der Waals surface area contributed by atoms with Crippen molar-refractivity contribution >= 4 is 22.8 Å². The minimum Gasteiger partial charge on any atom is -0.454 e. The third-order valence-corrected chi connectivity index (χ3v) is 5.45. The number of ether oxygens (including phenoxy) is 1. The summed E-state index contributed by atoms with van der Waals surface area (Å²) in [5.41, 5.74) is 0.377. The number of rotatable bonds is 4. The van der Waals surface area contributed by atoms with Crippen molar-refractivity contribution in [2.75, 3.05) is 0 Å². The molecule has 1 aliphatic heterocycles. The molecular weight excluding hydrogens is 449 g/mol. The topological polar surface area (TPSA) is 79.8 Å². The van der Waals surface area contributed by atoms with Gasteiger partial charge in [-0.25, -0.2) is 4.98 Å². The molecule has 0 fully saturated rings. The predicted molar refractivity (Wildman–Crippen MR) is 109 cm³/mol. The van der Waals surface area contributed by atoms with E-state index in [1.807, 2.05) is 6.92 Å². The maximum atomic E-state index is 13.0. The number of aromatic nitrogens is 6. The van der Waals surface area contributed by atoms with Crippen molar-refractivity contribution in [2.24, 2.45) is 0 Å². The Kier molecular flexibility index (Phi) is 4.73. The molecule has 12 heteroatoms. The first kappa shape index (κ1) is 20.6. The van der Waals surface area contributed by atoms with E-state index in [0.717, 1.165) is 12.1 Å². The fourth-order valence-electron chi connectivity index (χ4n) is 3.74. The van der Waals surface area contributed by atoms with Gasteiger partial charge < -0.3 is 4.74 Å². The summed E-state index contributed by atoms with van der Waals surface area (Å²) in [6.07, 6.45) is -2.10. The van der Waals surface area contributed by atoms with Crippen LogP contribution in [-0.4, -0.2) is 28.9 Å². The number of hydrogen-bond acceptors (Lipinski definition) is 5. The zero-order chi connectivity index (χ0) is 22.6. The lowest BCUT2D eigenvalue weighted by Gasteiger charge is -2.15. The average Bonchev–Trinajstić information content (AvgIpc) is 3.31. The van der Waals surface area contributed by atoms with Gasteiger partial charge in [0.1, 0.15) is 0 Å². The summed E-state index contributed by atoms with van der Waals surface area (Å²) in [6.45, 7) is 2.45. The van der Waals surface area contributed by atoms with Crippen molar-refractivity contribution in [3.63, 3.8) is 0 Å². The highest BCUT2D eigenvalue weighted by Crippen LogP contribution is 2.35. The average molecular weight is 465 g/mol. The zero-order valence-corrected chi connectivity index (χ0v) is 17.5. The number of halogens is 4. The fraction of sp³-hybridized carbons (Fsp3) is 0.300. The zero-order valence-electron chi connectivity index (χ0n) is 16.7. The lowest BCUT2D eigenvalue weighted by atomic mass is 10.1. The molecule has 166 valence electrons. The summed E-state index contributed by atoms with van der Waals surface area (Å²) >= 11 is 6.17. The molecule has 4 heterocycles. The quantitative estimate of drug-likeness (QED) is 0.427. The van der Waals surface area contributed by atoms with Crippen molar-refractivity contribution < 1.29 is 17.9 Å². The summed E-state index contributed by atoms with van der Waals surface area (Å²) in [5.74, 6) is 0.714. The maximum absolute atomic E-state index is 13.0. The van der Waals surface area contributed by atoms with E-state index >= 15 is 0 Å². The van der Waals surface area contributed by atoms with Gasteiger partial charge in [-0.05, 0) is 35.7 Å². The van der Waals surface area contributed by atoms with Gasteiger partial charge in [0, 0.05) is 12.7 Å². The molecule has 0 N–H and O–H groups in total. The number of nitrogens with zero attached hydrogens (tertiary/aromatic N) is 6. The first-order chi connectivity index (χ1) is 15.3. The van der Waals surface area contributed by atoms with Crippen molar-refractivity contribution in [3.8, 4) is 17.3 Å². The molecule has 4 aromatic rings. The molecule has 1 aromatic carbocycles. The normalized spacial score (nSPS) is 13.2. The van der Waals surface area contributed by atoms with Gasteiger partial charge in [0.25, 0.3) is 5.56 Å². The standard InChI is InChI=1S/C20H16ClF3N6O2/c1-2-6-29-18(31)14-15(26-19(29)21)25-16-13-9-28(27-17(13)32-10-30(14)16)8-11-4-3-5-12(7-11)20(22,23)24/h3-5,7,9H,2,6,8,10H2,1H3. The van der Waals surface area contributed by atoms with Crippen LogP contribution >= 0.6 is 11.6 Å². The number of imidazole rings is 1. The molecule has 5 rings (SSSR count). The Hall–Kier alpha value is -3.34. The van der Waals surface area contributed by atoms with Gasteiger partial charge >= 0.3 is 6.18 Å². The van der Waals surface area contributed by atoms with Crippen molar-refractivity contribution in [1.82, 2.24) is 28.9 Å². The molecule has 8 nitrogen and oxygen atoms in total. The minimum absolute atomic E-state index is 0.00405.